The van der Waals surface area contributed by atoms with Crippen molar-refractivity contribution in [1.29, 1.82) is 0 Å². The maximum Gasteiger partial charge on any atom is 0.252 e. The summed E-state index contributed by atoms with van der Waals surface area (Å²) in [6, 6.07) is 6.91. The second-order valence-electron chi connectivity index (χ2n) is 6.88. The molecule has 8 heteroatoms. The molecule has 1 aromatic carbocycles. The largest absolute Gasteiger partial charge is 0.352 e. The highest BCUT2D eigenvalue weighted by molar-refractivity contribution is 5.78. The van der Waals surface area contributed by atoms with Gasteiger partial charge in [0.25, 0.3) is 5.78 Å². The molecule has 2 aromatic heterocycles. The Labute approximate surface area is 156 Å². The second kappa shape index (κ2) is 7.79. The maximum atomic E-state index is 13.9. The zero-order valence-corrected chi connectivity index (χ0v) is 14.9. The Morgan fingerprint density at radius 3 is 3.07 bits per heavy atom. The van der Waals surface area contributed by atoms with Crippen LogP contribution < -0.4 is 5.32 Å². The van der Waals surface area contributed by atoms with E-state index in [1.54, 1.807) is 23.0 Å². The lowest BCUT2D eigenvalue weighted by Gasteiger charge is -2.33. The molecule has 1 N–H and O–H groups in total. The van der Waals surface area contributed by atoms with Crippen LogP contribution in [0.3, 0.4) is 0 Å². The first-order valence-electron chi connectivity index (χ1n) is 9.07. The fraction of sp³-hybridized carbons (Fsp3) is 0.368. The summed E-state index contributed by atoms with van der Waals surface area (Å²) in [6.07, 6.45) is 6.99. The quantitative estimate of drug-likeness (QED) is 0.740. The summed E-state index contributed by atoms with van der Waals surface area (Å²) in [5.41, 5.74) is 1.47. The van der Waals surface area contributed by atoms with Crippen LogP contribution >= 0.6 is 0 Å². The van der Waals surface area contributed by atoms with Gasteiger partial charge >= 0.3 is 0 Å². The van der Waals surface area contributed by atoms with E-state index < -0.39 is 0 Å². The maximum absolute atomic E-state index is 13.9. The first kappa shape index (κ1) is 17.5. The molecule has 1 unspecified atom stereocenters. The lowest BCUT2D eigenvalue weighted by molar-refractivity contribution is -0.121. The van der Waals surface area contributed by atoms with E-state index in [1.807, 2.05) is 12.1 Å². The molecule has 1 aliphatic rings. The van der Waals surface area contributed by atoms with E-state index in [4.69, 9.17) is 0 Å². The molecule has 0 bridgehead atoms. The van der Waals surface area contributed by atoms with Gasteiger partial charge in [-0.3, -0.25) is 9.69 Å². The highest BCUT2D eigenvalue weighted by atomic mass is 19.1. The van der Waals surface area contributed by atoms with Crippen molar-refractivity contribution in [2.45, 2.75) is 31.8 Å². The third-order valence-corrected chi connectivity index (χ3v) is 4.78. The first-order valence-corrected chi connectivity index (χ1v) is 9.07. The highest BCUT2D eigenvalue weighted by Crippen LogP contribution is 2.16. The summed E-state index contributed by atoms with van der Waals surface area (Å²) in [4.78, 5) is 22.8. The third kappa shape index (κ3) is 4.28. The molecule has 27 heavy (non-hydrogen) atoms. The van der Waals surface area contributed by atoms with Gasteiger partial charge in [0.2, 0.25) is 5.91 Å². The molecule has 1 atom stereocenters. The lowest BCUT2D eigenvalue weighted by Crippen LogP contribution is -2.47. The number of piperidine rings is 1. The van der Waals surface area contributed by atoms with E-state index in [9.17, 15) is 9.18 Å². The average Bonchev–Trinajstić information content (AvgIpc) is 3.12. The van der Waals surface area contributed by atoms with Gasteiger partial charge in [0.1, 0.15) is 12.1 Å². The molecular formula is C19H21FN6O. The minimum Gasteiger partial charge on any atom is -0.352 e. The van der Waals surface area contributed by atoms with Gasteiger partial charge in [0, 0.05) is 37.1 Å². The van der Waals surface area contributed by atoms with Crippen molar-refractivity contribution in [3.8, 4) is 0 Å². The number of carbonyl (C=O) groups is 1. The van der Waals surface area contributed by atoms with Gasteiger partial charge in [0.05, 0.1) is 6.42 Å². The zero-order valence-electron chi connectivity index (χ0n) is 14.9. The number of aromatic nitrogens is 4. The van der Waals surface area contributed by atoms with E-state index in [1.165, 1.54) is 12.4 Å². The van der Waals surface area contributed by atoms with Gasteiger partial charge in [-0.25, -0.2) is 13.9 Å². The predicted octanol–water partition coefficient (Wildman–Crippen LogP) is 1.59. The number of nitrogens with one attached hydrogen (secondary N) is 1. The molecule has 0 aliphatic carbocycles. The summed E-state index contributed by atoms with van der Waals surface area (Å²) < 4.78 is 15.4. The monoisotopic (exact) mass is 368 g/mol. The fourth-order valence-electron chi connectivity index (χ4n) is 3.50. The van der Waals surface area contributed by atoms with Crippen molar-refractivity contribution < 1.29 is 9.18 Å². The van der Waals surface area contributed by atoms with Gasteiger partial charge in [-0.15, -0.1) is 0 Å². The number of likely N-dealkylation sites (tertiary alicyclic amines) is 1. The van der Waals surface area contributed by atoms with Crippen molar-refractivity contribution in [1.82, 2.24) is 29.8 Å². The van der Waals surface area contributed by atoms with E-state index in [0.717, 1.165) is 31.5 Å². The molecule has 1 fully saturated rings. The van der Waals surface area contributed by atoms with Crippen LogP contribution in [0.25, 0.3) is 5.78 Å². The van der Waals surface area contributed by atoms with Crippen LogP contribution in [0.15, 0.2) is 43.0 Å². The van der Waals surface area contributed by atoms with Gasteiger partial charge in [0.15, 0.2) is 0 Å². The number of hydrogen-bond acceptors (Lipinski definition) is 5. The molecule has 4 rings (SSSR count). The zero-order chi connectivity index (χ0) is 18.6. The van der Waals surface area contributed by atoms with Crippen LogP contribution in [0.4, 0.5) is 4.39 Å². The van der Waals surface area contributed by atoms with E-state index >= 15 is 0 Å². The number of hydrogen-bond donors (Lipinski definition) is 1. The van der Waals surface area contributed by atoms with Gasteiger partial charge < -0.3 is 5.32 Å². The number of fused-ring (bicyclic) bond motifs is 1. The molecule has 0 radical (unpaired) electrons. The van der Waals surface area contributed by atoms with Crippen molar-refractivity contribution in [3.63, 3.8) is 0 Å². The summed E-state index contributed by atoms with van der Waals surface area (Å²) in [6.45, 7) is 2.19. The first-order chi connectivity index (χ1) is 13.2. The van der Waals surface area contributed by atoms with Crippen LogP contribution in [-0.4, -0.2) is 49.5 Å². The van der Waals surface area contributed by atoms with Crippen LogP contribution in [0.5, 0.6) is 0 Å². The minimum absolute atomic E-state index is 0.0472. The molecule has 1 saturated heterocycles. The molecule has 0 saturated carbocycles. The highest BCUT2D eigenvalue weighted by Gasteiger charge is 2.22. The van der Waals surface area contributed by atoms with Crippen molar-refractivity contribution in [2.24, 2.45) is 0 Å². The standard InChI is InChI=1S/C19H21FN6O/c20-17-6-2-1-4-15(17)11-25-7-3-5-16(12-25)24-18(27)8-14-9-21-19-22-13-23-26(19)10-14/h1-2,4,6,9-10,13,16H,3,5,7-8,11-12H2,(H,24,27). The van der Waals surface area contributed by atoms with E-state index in [2.05, 4.69) is 25.3 Å². The molecule has 3 aromatic rings. The second-order valence-corrected chi connectivity index (χ2v) is 6.88. The Bertz CT molecular complexity index is 943. The number of carbonyl (C=O) groups excluding carboxylic acids is 1. The van der Waals surface area contributed by atoms with Gasteiger partial charge in [-0.2, -0.15) is 10.1 Å². The Hall–Kier alpha value is -2.87. The van der Waals surface area contributed by atoms with Crippen LogP contribution in [-0.2, 0) is 17.8 Å². The minimum atomic E-state index is -0.181. The average molecular weight is 368 g/mol. The third-order valence-electron chi connectivity index (χ3n) is 4.78. The van der Waals surface area contributed by atoms with Crippen molar-refractivity contribution in [2.75, 3.05) is 13.1 Å². The van der Waals surface area contributed by atoms with E-state index in [0.29, 0.717) is 17.9 Å². The van der Waals surface area contributed by atoms with Gasteiger partial charge in [-0.1, -0.05) is 18.2 Å². The molecule has 0 spiro atoms. The number of rotatable bonds is 5. The topological polar surface area (TPSA) is 75.4 Å². The Morgan fingerprint density at radius 1 is 1.30 bits per heavy atom. The van der Waals surface area contributed by atoms with Crippen LogP contribution in [0.2, 0.25) is 0 Å². The Kier molecular flexibility index (Phi) is 5.06. The van der Waals surface area contributed by atoms with Crippen LogP contribution in [0.1, 0.15) is 24.0 Å². The molecule has 7 nitrogen and oxygen atoms in total. The SMILES string of the molecule is O=C(Cc1cnc2ncnn2c1)NC1CCCN(Cc2ccccc2F)C1. The smallest absolute Gasteiger partial charge is 0.252 e. The van der Waals surface area contributed by atoms with Crippen molar-refractivity contribution >= 4 is 11.7 Å². The Balaban J connectivity index is 1.33. The summed E-state index contributed by atoms with van der Waals surface area (Å²) >= 11 is 0. The summed E-state index contributed by atoms with van der Waals surface area (Å²) in [5, 5.41) is 7.13. The predicted molar refractivity (Wildman–Crippen MR) is 97.3 cm³/mol. The number of benzene rings is 1. The van der Waals surface area contributed by atoms with Crippen molar-refractivity contribution in [3.05, 3.63) is 59.9 Å². The lowest BCUT2D eigenvalue weighted by atomic mass is 10.0. The number of amides is 1. The molecule has 1 amide bonds. The van der Waals surface area contributed by atoms with E-state index in [-0.39, 0.29) is 24.2 Å². The molecule has 1 aliphatic heterocycles. The van der Waals surface area contributed by atoms with Crippen LogP contribution in [0, 0.1) is 5.82 Å². The number of halogens is 1. The molecule has 3 heterocycles. The normalized spacial score (nSPS) is 17.9. The fourth-order valence-corrected chi connectivity index (χ4v) is 3.50. The summed E-state index contributed by atoms with van der Waals surface area (Å²) in [5.74, 6) is 0.281. The molecule has 140 valence electrons. The molecular weight excluding hydrogens is 347 g/mol. The number of nitrogens with zero attached hydrogens (tertiary/aromatic N) is 5. The Morgan fingerprint density at radius 2 is 2.19 bits per heavy atom. The summed E-state index contributed by atoms with van der Waals surface area (Å²) in [7, 11) is 0. The van der Waals surface area contributed by atoms with Gasteiger partial charge in [-0.05, 0) is 31.0 Å².